The molecule has 4 nitrogen and oxygen atoms in total. The fraction of sp³-hybridized carbons (Fsp3) is 0.294. The van der Waals surface area contributed by atoms with Gasteiger partial charge in [0.15, 0.2) is 0 Å². The molecule has 2 aromatic rings. The summed E-state index contributed by atoms with van der Waals surface area (Å²) in [7, 11) is 1.79. The number of fused-ring (bicyclic) bond motifs is 1. The molecule has 1 unspecified atom stereocenters. The Kier molecular flexibility index (Phi) is 4.73. The summed E-state index contributed by atoms with van der Waals surface area (Å²) in [4.78, 5) is 30.4. The van der Waals surface area contributed by atoms with E-state index in [4.69, 9.17) is 0 Å². The first-order valence-corrected chi connectivity index (χ1v) is 9.25. The molecule has 1 aliphatic rings. The standard InChI is InChI=1S/C17H18N2O2S2/c1-12(14-8-5-9-22-14)18(2)16(20)10-19-13-6-3-4-7-15(13)23-11-17(19)21/h3-9,12H,10-11H2,1-2H3. The van der Waals surface area contributed by atoms with Crippen LogP contribution in [-0.4, -0.2) is 36.1 Å². The lowest BCUT2D eigenvalue weighted by atomic mass is 10.2. The van der Waals surface area contributed by atoms with E-state index in [1.54, 1.807) is 28.2 Å². The number of amides is 2. The third kappa shape index (κ3) is 3.28. The van der Waals surface area contributed by atoms with Crippen molar-refractivity contribution in [2.45, 2.75) is 17.9 Å². The zero-order valence-electron chi connectivity index (χ0n) is 13.1. The van der Waals surface area contributed by atoms with E-state index in [1.165, 1.54) is 11.8 Å². The van der Waals surface area contributed by atoms with Crippen LogP contribution in [-0.2, 0) is 9.59 Å². The Morgan fingerprint density at radius 1 is 1.30 bits per heavy atom. The number of hydrogen-bond donors (Lipinski definition) is 0. The van der Waals surface area contributed by atoms with E-state index in [9.17, 15) is 9.59 Å². The lowest BCUT2D eigenvalue weighted by Crippen LogP contribution is -2.44. The molecule has 0 saturated carbocycles. The van der Waals surface area contributed by atoms with Gasteiger partial charge in [0.1, 0.15) is 6.54 Å². The number of thiophene rings is 1. The third-order valence-corrected chi connectivity index (χ3v) is 6.12. The van der Waals surface area contributed by atoms with E-state index < -0.39 is 0 Å². The predicted molar refractivity (Wildman–Crippen MR) is 95.0 cm³/mol. The molecule has 0 saturated heterocycles. The van der Waals surface area contributed by atoms with Gasteiger partial charge in [-0.3, -0.25) is 9.59 Å². The molecule has 0 radical (unpaired) electrons. The molecular formula is C17H18N2O2S2. The summed E-state index contributed by atoms with van der Waals surface area (Å²) < 4.78 is 0. The van der Waals surface area contributed by atoms with Crippen LogP contribution >= 0.6 is 23.1 Å². The van der Waals surface area contributed by atoms with Crippen LogP contribution < -0.4 is 4.90 Å². The molecule has 1 aromatic carbocycles. The fourth-order valence-electron chi connectivity index (χ4n) is 2.51. The summed E-state index contributed by atoms with van der Waals surface area (Å²) in [5.41, 5.74) is 0.833. The number of carbonyl (C=O) groups excluding carboxylic acids is 2. The van der Waals surface area contributed by atoms with Gasteiger partial charge >= 0.3 is 0 Å². The number of anilines is 1. The van der Waals surface area contributed by atoms with Crippen molar-refractivity contribution in [2.24, 2.45) is 0 Å². The minimum absolute atomic E-state index is 0.00649. The summed E-state index contributed by atoms with van der Waals surface area (Å²) in [6.07, 6.45) is 0. The van der Waals surface area contributed by atoms with Crippen LogP contribution in [0.25, 0.3) is 0 Å². The van der Waals surface area contributed by atoms with Crippen molar-refractivity contribution in [1.29, 1.82) is 0 Å². The fourth-order valence-corrected chi connectivity index (χ4v) is 4.27. The highest BCUT2D eigenvalue weighted by atomic mass is 32.2. The first-order valence-electron chi connectivity index (χ1n) is 7.39. The number of benzene rings is 1. The lowest BCUT2D eigenvalue weighted by molar-refractivity contribution is -0.131. The van der Waals surface area contributed by atoms with Crippen LogP contribution in [0.3, 0.4) is 0 Å². The van der Waals surface area contributed by atoms with Gasteiger partial charge in [-0.1, -0.05) is 18.2 Å². The van der Waals surface area contributed by atoms with Crippen LogP contribution in [0.4, 0.5) is 5.69 Å². The highest BCUT2D eigenvalue weighted by Gasteiger charge is 2.28. The topological polar surface area (TPSA) is 40.6 Å². The molecule has 1 atom stereocenters. The molecule has 23 heavy (non-hydrogen) atoms. The molecule has 0 spiro atoms. The second-order valence-corrected chi connectivity index (χ2v) is 7.43. The van der Waals surface area contributed by atoms with Gasteiger partial charge in [-0.2, -0.15) is 0 Å². The van der Waals surface area contributed by atoms with E-state index in [0.717, 1.165) is 15.5 Å². The molecule has 1 aliphatic heterocycles. The largest absolute Gasteiger partial charge is 0.337 e. The van der Waals surface area contributed by atoms with E-state index in [1.807, 2.05) is 48.7 Å². The molecule has 0 aliphatic carbocycles. The maximum atomic E-state index is 12.6. The number of nitrogens with zero attached hydrogens (tertiary/aromatic N) is 2. The van der Waals surface area contributed by atoms with E-state index in [2.05, 4.69) is 0 Å². The van der Waals surface area contributed by atoms with E-state index >= 15 is 0 Å². The molecule has 0 fully saturated rings. The van der Waals surface area contributed by atoms with Crippen molar-refractivity contribution < 1.29 is 9.59 Å². The van der Waals surface area contributed by atoms with Crippen LogP contribution in [0.15, 0.2) is 46.7 Å². The number of hydrogen-bond acceptors (Lipinski definition) is 4. The number of rotatable bonds is 4. The predicted octanol–water partition coefficient (Wildman–Crippen LogP) is 3.41. The normalized spacial score (nSPS) is 15.2. The van der Waals surface area contributed by atoms with Crippen molar-refractivity contribution in [3.63, 3.8) is 0 Å². The van der Waals surface area contributed by atoms with Gasteiger partial charge in [0.2, 0.25) is 11.8 Å². The van der Waals surface area contributed by atoms with Gasteiger partial charge < -0.3 is 9.80 Å². The Morgan fingerprint density at radius 3 is 2.83 bits per heavy atom. The molecule has 120 valence electrons. The van der Waals surface area contributed by atoms with Crippen LogP contribution in [0.2, 0.25) is 0 Å². The maximum Gasteiger partial charge on any atom is 0.242 e. The lowest BCUT2D eigenvalue weighted by Gasteiger charge is -2.31. The second-order valence-electron chi connectivity index (χ2n) is 5.43. The monoisotopic (exact) mass is 346 g/mol. The Balaban J connectivity index is 1.76. The Labute approximate surface area is 144 Å². The summed E-state index contributed by atoms with van der Waals surface area (Å²) in [6, 6.07) is 11.7. The second kappa shape index (κ2) is 6.76. The zero-order valence-corrected chi connectivity index (χ0v) is 14.7. The number of carbonyl (C=O) groups is 2. The number of likely N-dealkylation sites (N-methyl/N-ethyl adjacent to an activating group) is 1. The van der Waals surface area contributed by atoms with Gasteiger partial charge in [-0.15, -0.1) is 23.1 Å². The number of thioether (sulfide) groups is 1. The summed E-state index contributed by atoms with van der Waals surface area (Å²) in [6.45, 7) is 2.09. The summed E-state index contributed by atoms with van der Waals surface area (Å²) >= 11 is 3.16. The van der Waals surface area contributed by atoms with Gasteiger partial charge in [0.05, 0.1) is 17.5 Å². The van der Waals surface area contributed by atoms with Crippen molar-refractivity contribution in [3.05, 3.63) is 46.7 Å². The van der Waals surface area contributed by atoms with Crippen LogP contribution in [0.1, 0.15) is 17.8 Å². The molecule has 0 N–H and O–H groups in total. The van der Waals surface area contributed by atoms with Gasteiger partial charge in [0, 0.05) is 16.8 Å². The highest BCUT2D eigenvalue weighted by Crippen LogP contribution is 2.35. The van der Waals surface area contributed by atoms with E-state index in [-0.39, 0.29) is 24.4 Å². The molecule has 6 heteroatoms. The van der Waals surface area contributed by atoms with Gasteiger partial charge in [-0.05, 0) is 30.5 Å². The quantitative estimate of drug-likeness (QED) is 0.852. The van der Waals surface area contributed by atoms with Crippen molar-refractivity contribution in [2.75, 3.05) is 24.2 Å². The molecule has 0 bridgehead atoms. The molecule has 2 amide bonds. The van der Waals surface area contributed by atoms with Crippen molar-refractivity contribution in [3.8, 4) is 0 Å². The van der Waals surface area contributed by atoms with Crippen LogP contribution in [0, 0.1) is 0 Å². The summed E-state index contributed by atoms with van der Waals surface area (Å²) in [5, 5.41) is 2.01. The first kappa shape index (κ1) is 16.1. The minimum Gasteiger partial charge on any atom is -0.337 e. The Morgan fingerprint density at radius 2 is 2.09 bits per heavy atom. The van der Waals surface area contributed by atoms with Crippen LogP contribution in [0.5, 0.6) is 0 Å². The molecular weight excluding hydrogens is 328 g/mol. The average molecular weight is 346 g/mol. The smallest absolute Gasteiger partial charge is 0.242 e. The maximum absolute atomic E-state index is 12.6. The molecule has 1 aromatic heterocycles. The Bertz CT molecular complexity index is 715. The highest BCUT2D eigenvalue weighted by molar-refractivity contribution is 8.00. The first-order chi connectivity index (χ1) is 11.1. The van der Waals surface area contributed by atoms with Gasteiger partial charge in [-0.25, -0.2) is 0 Å². The van der Waals surface area contributed by atoms with Crippen molar-refractivity contribution >= 4 is 40.6 Å². The minimum atomic E-state index is -0.0547. The van der Waals surface area contributed by atoms with Crippen molar-refractivity contribution in [1.82, 2.24) is 4.90 Å². The third-order valence-electron chi connectivity index (χ3n) is 4.03. The molecule has 2 heterocycles. The molecule has 3 rings (SSSR count). The number of para-hydroxylation sites is 1. The van der Waals surface area contributed by atoms with E-state index in [0.29, 0.717) is 5.75 Å². The Hall–Kier alpha value is -1.79. The van der Waals surface area contributed by atoms with Gasteiger partial charge in [0.25, 0.3) is 0 Å². The zero-order chi connectivity index (χ0) is 16.4. The SMILES string of the molecule is CC(c1cccs1)N(C)C(=O)CN1C(=O)CSc2ccccc21. The summed E-state index contributed by atoms with van der Waals surface area (Å²) in [5.74, 6) is 0.314. The average Bonchev–Trinajstić information content (AvgIpc) is 3.10.